The summed E-state index contributed by atoms with van der Waals surface area (Å²) in [5.41, 5.74) is 0. The van der Waals surface area contributed by atoms with Crippen LogP contribution in [0.4, 0.5) is 0 Å². The van der Waals surface area contributed by atoms with Crippen LogP contribution in [0.15, 0.2) is 0 Å². The Labute approximate surface area is 94.6 Å². The molecular formula is C11H25NO2S. The molecule has 15 heavy (non-hydrogen) atoms. The van der Waals surface area contributed by atoms with Gasteiger partial charge in [-0.3, -0.25) is 0 Å². The molecule has 0 amide bonds. The average Bonchev–Trinajstić information content (AvgIpc) is 1.97. The summed E-state index contributed by atoms with van der Waals surface area (Å²) in [5, 5.41) is 3.28. The first-order chi connectivity index (χ1) is 6.56. The van der Waals surface area contributed by atoms with Gasteiger partial charge in [0, 0.05) is 18.8 Å². The van der Waals surface area contributed by atoms with E-state index in [1.807, 2.05) is 0 Å². The van der Waals surface area contributed by atoms with Crippen LogP contribution in [0.2, 0.25) is 0 Å². The summed E-state index contributed by atoms with van der Waals surface area (Å²) in [5.74, 6) is 0.633. The van der Waals surface area contributed by atoms with E-state index in [1.165, 1.54) is 6.26 Å². The molecule has 0 aromatic heterocycles. The molecule has 0 saturated heterocycles. The maximum atomic E-state index is 11.4. The van der Waals surface area contributed by atoms with Crippen molar-refractivity contribution in [1.82, 2.24) is 5.32 Å². The largest absolute Gasteiger partial charge is 0.313 e. The topological polar surface area (TPSA) is 46.2 Å². The predicted molar refractivity (Wildman–Crippen MR) is 65.8 cm³/mol. The predicted octanol–water partition coefficient (Wildman–Crippen LogP) is 1.83. The second-order valence-electron chi connectivity index (χ2n) is 5.44. The van der Waals surface area contributed by atoms with Crippen molar-refractivity contribution in [3.05, 3.63) is 0 Å². The average molecular weight is 235 g/mol. The lowest BCUT2D eigenvalue weighted by molar-refractivity contribution is 0.419. The lowest BCUT2D eigenvalue weighted by Gasteiger charge is -2.26. The van der Waals surface area contributed by atoms with Gasteiger partial charge in [0.2, 0.25) is 0 Å². The fraction of sp³-hybridized carbons (Fsp3) is 1.00. The van der Waals surface area contributed by atoms with Crippen molar-refractivity contribution >= 4 is 9.84 Å². The van der Waals surface area contributed by atoms with E-state index in [-0.39, 0.29) is 0 Å². The van der Waals surface area contributed by atoms with Crippen LogP contribution >= 0.6 is 0 Å². The van der Waals surface area contributed by atoms with E-state index in [4.69, 9.17) is 0 Å². The Morgan fingerprint density at radius 1 is 1.20 bits per heavy atom. The van der Waals surface area contributed by atoms with Gasteiger partial charge in [0.05, 0.1) is 4.75 Å². The van der Waals surface area contributed by atoms with Gasteiger partial charge in [-0.15, -0.1) is 0 Å². The second kappa shape index (κ2) is 5.30. The molecule has 0 rings (SSSR count). The van der Waals surface area contributed by atoms with Gasteiger partial charge in [0.25, 0.3) is 0 Å². The van der Waals surface area contributed by atoms with Gasteiger partial charge >= 0.3 is 0 Å². The Balaban J connectivity index is 4.16. The van der Waals surface area contributed by atoms with Crippen LogP contribution in [0.1, 0.15) is 41.0 Å². The van der Waals surface area contributed by atoms with E-state index in [0.29, 0.717) is 18.5 Å². The van der Waals surface area contributed by atoms with Crippen molar-refractivity contribution in [2.75, 3.05) is 12.8 Å². The lowest BCUT2D eigenvalue weighted by Crippen LogP contribution is -2.44. The highest BCUT2D eigenvalue weighted by atomic mass is 32.2. The Morgan fingerprint density at radius 3 is 2.00 bits per heavy atom. The van der Waals surface area contributed by atoms with Crippen molar-refractivity contribution in [3.8, 4) is 0 Å². The van der Waals surface area contributed by atoms with Gasteiger partial charge < -0.3 is 5.32 Å². The van der Waals surface area contributed by atoms with Crippen LogP contribution in [0.5, 0.6) is 0 Å². The zero-order valence-corrected chi connectivity index (χ0v) is 11.6. The summed E-state index contributed by atoms with van der Waals surface area (Å²) < 4.78 is 22.2. The summed E-state index contributed by atoms with van der Waals surface area (Å²) in [4.78, 5) is 0. The van der Waals surface area contributed by atoms with Crippen LogP contribution in [0.25, 0.3) is 0 Å². The van der Waals surface area contributed by atoms with Crippen LogP contribution in [0, 0.1) is 5.92 Å². The molecule has 1 atom stereocenters. The molecule has 0 aromatic carbocycles. The maximum Gasteiger partial charge on any atom is 0.153 e. The van der Waals surface area contributed by atoms with E-state index in [9.17, 15) is 8.42 Å². The highest BCUT2D eigenvalue weighted by Gasteiger charge is 2.30. The Kier molecular flexibility index (Phi) is 5.27. The molecule has 0 spiro atoms. The normalized spacial score (nSPS) is 15.7. The fourth-order valence-electron chi connectivity index (χ4n) is 1.34. The first-order valence-electron chi connectivity index (χ1n) is 5.49. The standard InChI is InChI=1S/C11H25NO2S/c1-9(2)7-10(3)12-8-11(4,5)15(6,13)14/h9-10,12H,7-8H2,1-6H3. The molecule has 92 valence electrons. The third-order valence-electron chi connectivity index (χ3n) is 2.70. The Bertz CT molecular complexity index is 281. The quantitative estimate of drug-likeness (QED) is 0.764. The molecule has 3 nitrogen and oxygen atoms in total. The van der Waals surface area contributed by atoms with Crippen molar-refractivity contribution in [2.24, 2.45) is 5.92 Å². The molecule has 0 aliphatic rings. The summed E-state index contributed by atoms with van der Waals surface area (Å²) in [7, 11) is -2.99. The van der Waals surface area contributed by atoms with Crippen LogP contribution in [-0.4, -0.2) is 32.0 Å². The summed E-state index contributed by atoms with van der Waals surface area (Å²) >= 11 is 0. The number of hydrogen-bond acceptors (Lipinski definition) is 3. The molecule has 0 saturated carbocycles. The van der Waals surface area contributed by atoms with Crippen molar-refractivity contribution in [2.45, 2.75) is 51.8 Å². The molecule has 0 radical (unpaired) electrons. The zero-order valence-electron chi connectivity index (χ0n) is 10.8. The molecule has 0 aromatic rings. The molecule has 0 aliphatic carbocycles. The fourth-order valence-corrected chi connectivity index (χ4v) is 1.69. The minimum Gasteiger partial charge on any atom is -0.313 e. The van der Waals surface area contributed by atoms with Crippen molar-refractivity contribution in [1.29, 1.82) is 0 Å². The summed E-state index contributed by atoms with van der Waals surface area (Å²) in [6.07, 6.45) is 2.36. The summed E-state index contributed by atoms with van der Waals surface area (Å²) in [6.45, 7) is 10.5. The molecule has 0 bridgehead atoms. The van der Waals surface area contributed by atoms with E-state index in [1.54, 1.807) is 13.8 Å². The van der Waals surface area contributed by atoms with E-state index in [2.05, 4.69) is 26.1 Å². The van der Waals surface area contributed by atoms with Gasteiger partial charge in [-0.1, -0.05) is 13.8 Å². The van der Waals surface area contributed by atoms with Gasteiger partial charge in [0.15, 0.2) is 9.84 Å². The molecular weight excluding hydrogens is 210 g/mol. The van der Waals surface area contributed by atoms with Crippen molar-refractivity contribution in [3.63, 3.8) is 0 Å². The third kappa shape index (κ3) is 5.52. The summed E-state index contributed by atoms with van der Waals surface area (Å²) in [6, 6.07) is 0.367. The smallest absolute Gasteiger partial charge is 0.153 e. The van der Waals surface area contributed by atoms with Gasteiger partial charge in [-0.2, -0.15) is 0 Å². The number of nitrogens with one attached hydrogen (secondary N) is 1. The highest BCUT2D eigenvalue weighted by molar-refractivity contribution is 7.92. The third-order valence-corrected chi connectivity index (χ3v) is 4.86. The Hall–Kier alpha value is -0.0900. The van der Waals surface area contributed by atoms with E-state index in [0.717, 1.165) is 6.42 Å². The van der Waals surface area contributed by atoms with E-state index < -0.39 is 14.6 Å². The minimum atomic E-state index is -2.99. The SMILES string of the molecule is CC(C)CC(C)NCC(C)(C)S(C)(=O)=O. The monoisotopic (exact) mass is 235 g/mol. The van der Waals surface area contributed by atoms with Crippen LogP contribution in [-0.2, 0) is 9.84 Å². The lowest BCUT2D eigenvalue weighted by atomic mass is 10.0. The van der Waals surface area contributed by atoms with Crippen molar-refractivity contribution < 1.29 is 8.42 Å². The minimum absolute atomic E-state index is 0.367. The molecule has 1 unspecified atom stereocenters. The first kappa shape index (κ1) is 14.9. The number of sulfone groups is 1. The highest BCUT2D eigenvalue weighted by Crippen LogP contribution is 2.14. The van der Waals surface area contributed by atoms with Crippen LogP contribution < -0.4 is 5.32 Å². The molecule has 0 aliphatic heterocycles. The molecule has 0 heterocycles. The zero-order chi connectivity index (χ0) is 12.3. The second-order valence-corrected chi connectivity index (χ2v) is 8.09. The first-order valence-corrected chi connectivity index (χ1v) is 7.38. The van der Waals surface area contributed by atoms with Crippen LogP contribution in [0.3, 0.4) is 0 Å². The molecule has 0 fully saturated rings. The molecule has 1 N–H and O–H groups in total. The number of rotatable bonds is 6. The Morgan fingerprint density at radius 2 is 1.67 bits per heavy atom. The van der Waals surface area contributed by atoms with Gasteiger partial charge in [-0.05, 0) is 33.1 Å². The maximum absolute atomic E-state index is 11.4. The van der Waals surface area contributed by atoms with Gasteiger partial charge in [0.1, 0.15) is 0 Å². The molecule has 4 heteroatoms. The number of hydrogen-bond donors (Lipinski definition) is 1. The van der Waals surface area contributed by atoms with E-state index >= 15 is 0 Å². The van der Waals surface area contributed by atoms with Gasteiger partial charge in [-0.25, -0.2) is 8.42 Å².